The summed E-state index contributed by atoms with van der Waals surface area (Å²) in [6, 6.07) is -0.354. The monoisotopic (exact) mass is 196 g/mol. The zero-order valence-corrected chi connectivity index (χ0v) is 8.74. The van der Waals surface area contributed by atoms with Crippen molar-refractivity contribution in [3.05, 3.63) is 22.3 Å². The molecular weight excluding hydrogens is 178 g/mol. The molecule has 3 nitrogen and oxygen atoms in total. The Kier molecular flexibility index (Phi) is 4.63. The Morgan fingerprint density at radius 1 is 1.57 bits per heavy atom. The van der Waals surface area contributed by atoms with Crippen molar-refractivity contribution in [2.75, 3.05) is 0 Å². The number of hydrogen-bond acceptors (Lipinski definition) is 2. The van der Waals surface area contributed by atoms with Gasteiger partial charge in [-0.05, 0) is 18.9 Å². The normalized spacial score (nSPS) is 26.4. The molecule has 0 fully saturated rings. The molecule has 0 heterocycles. The maximum atomic E-state index is 10.8. The van der Waals surface area contributed by atoms with Crippen LogP contribution in [0.25, 0.3) is 0 Å². The second-order valence-corrected chi connectivity index (χ2v) is 3.96. The highest BCUT2D eigenvalue weighted by molar-refractivity contribution is 4.89. The largest absolute Gasteiger partial charge is 0.264 e. The molecule has 14 heavy (non-hydrogen) atoms. The third-order valence-corrected chi connectivity index (χ3v) is 2.88. The Labute approximate surface area is 85.3 Å². The van der Waals surface area contributed by atoms with Crippen LogP contribution in [0.3, 0.4) is 0 Å². The lowest BCUT2D eigenvalue weighted by Crippen LogP contribution is -2.30. The van der Waals surface area contributed by atoms with E-state index >= 15 is 0 Å². The van der Waals surface area contributed by atoms with Gasteiger partial charge in [0.1, 0.15) is 0 Å². The number of nitrogens with zero attached hydrogens (tertiary/aromatic N) is 1. The summed E-state index contributed by atoms with van der Waals surface area (Å²) in [7, 11) is 0. The number of unbranched alkanes of at least 4 members (excludes halogenated alkanes) is 2. The quantitative estimate of drug-likeness (QED) is 0.385. The second-order valence-electron chi connectivity index (χ2n) is 3.96. The maximum Gasteiger partial charge on any atom is 0.219 e. The second kappa shape index (κ2) is 5.78. The Hall–Kier alpha value is -0.860. The van der Waals surface area contributed by atoms with E-state index in [1.54, 1.807) is 0 Å². The number of nitro groups is 1. The van der Waals surface area contributed by atoms with Crippen LogP contribution in [0.2, 0.25) is 0 Å². The summed E-state index contributed by atoms with van der Waals surface area (Å²) >= 11 is 0. The molecule has 0 bridgehead atoms. The first-order valence-corrected chi connectivity index (χ1v) is 5.44. The fourth-order valence-corrected chi connectivity index (χ4v) is 1.98. The van der Waals surface area contributed by atoms with Gasteiger partial charge >= 0.3 is 0 Å². The van der Waals surface area contributed by atoms with Crippen LogP contribution in [0.1, 0.15) is 45.4 Å². The Bertz CT molecular complexity index is 213. The van der Waals surface area contributed by atoms with Gasteiger partial charge in [0.15, 0.2) is 0 Å². The van der Waals surface area contributed by atoms with Gasteiger partial charge in [0.25, 0.3) is 0 Å². The fourth-order valence-electron chi connectivity index (χ4n) is 1.98. The van der Waals surface area contributed by atoms with Crippen molar-refractivity contribution >= 4 is 0 Å². The van der Waals surface area contributed by atoms with Gasteiger partial charge < -0.3 is 0 Å². The first-order valence-electron chi connectivity index (χ1n) is 5.44. The molecule has 0 aromatic rings. The van der Waals surface area contributed by atoms with Gasteiger partial charge in [-0.15, -0.1) is 0 Å². The summed E-state index contributed by atoms with van der Waals surface area (Å²) in [5.41, 5.74) is 0. The van der Waals surface area contributed by atoms with Crippen molar-refractivity contribution in [3.63, 3.8) is 0 Å². The van der Waals surface area contributed by atoms with Crippen LogP contribution in [0, 0.1) is 22.1 Å². The van der Waals surface area contributed by atoms with Gasteiger partial charge in [-0.1, -0.05) is 32.3 Å². The number of rotatable bonds is 5. The van der Waals surface area contributed by atoms with Crippen molar-refractivity contribution < 1.29 is 4.92 Å². The van der Waals surface area contributed by atoms with Crippen LogP contribution in [-0.2, 0) is 0 Å². The number of allylic oxidation sites excluding steroid dienone is 1. The molecule has 1 aliphatic carbocycles. The van der Waals surface area contributed by atoms with E-state index in [9.17, 15) is 10.1 Å². The molecule has 3 heteroatoms. The highest BCUT2D eigenvalue weighted by Gasteiger charge is 2.31. The molecule has 0 saturated carbocycles. The van der Waals surface area contributed by atoms with Crippen LogP contribution in [0.15, 0.2) is 6.08 Å². The van der Waals surface area contributed by atoms with E-state index in [0.717, 1.165) is 19.3 Å². The van der Waals surface area contributed by atoms with Crippen molar-refractivity contribution in [2.45, 2.75) is 51.5 Å². The average molecular weight is 196 g/mol. The smallest absolute Gasteiger partial charge is 0.219 e. The molecule has 0 spiro atoms. The third-order valence-electron chi connectivity index (χ3n) is 2.88. The predicted molar refractivity (Wildman–Crippen MR) is 55.5 cm³/mol. The van der Waals surface area contributed by atoms with Crippen LogP contribution in [0.5, 0.6) is 0 Å². The third kappa shape index (κ3) is 3.13. The molecule has 2 atom stereocenters. The van der Waals surface area contributed by atoms with Gasteiger partial charge in [0.05, 0.1) is 0 Å². The van der Waals surface area contributed by atoms with Crippen molar-refractivity contribution in [2.24, 2.45) is 5.92 Å². The molecule has 0 aromatic carbocycles. The zero-order valence-electron chi connectivity index (χ0n) is 8.74. The van der Waals surface area contributed by atoms with Gasteiger partial charge in [-0.2, -0.15) is 0 Å². The lowest BCUT2D eigenvalue weighted by molar-refractivity contribution is -0.532. The van der Waals surface area contributed by atoms with Crippen LogP contribution in [0.4, 0.5) is 0 Å². The lowest BCUT2D eigenvalue weighted by Gasteiger charge is -2.21. The SMILES string of the molecule is CCCCCC1C[C]=CCC1[N+](=O)[O-]. The van der Waals surface area contributed by atoms with E-state index in [1.807, 2.05) is 6.08 Å². The minimum Gasteiger partial charge on any atom is -0.264 e. The lowest BCUT2D eigenvalue weighted by atomic mass is 9.85. The van der Waals surface area contributed by atoms with Crippen molar-refractivity contribution in [3.8, 4) is 0 Å². The van der Waals surface area contributed by atoms with Gasteiger partial charge in [0, 0.05) is 17.3 Å². The van der Waals surface area contributed by atoms with E-state index in [2.05, 4.69) is 13.0 Å². The van der Waals surface area contributed by atoms with Gasteiger partial charge in [-0.25, -0.2) is 0 Å². The summed E-state index contributed by atoms with van der Waals surface area (Å²) in [4.78, 5) is 10.6. The molecule has 1 radical (unpaired) electrons. The molecule has 1 rings (SSSR count). The standard InChI is InChI=1S/C11H18NO2/c1-2-3-4-7-10-8-5-6-9-11(10)12(13)14/h6,10-11H,2-4,7-9H2,1H3. The Morgan fingerprint density at radius 3 is 3.00 bits per heavy atom. The Balaban J connectivity index is 2.39. The predicted octanol–water partition coefficient (Wildman–Crippen LogP) is 2.98. The van der Waals surface area contributed by atoms with Crippen molar-refractivity contribution in [1.29, 1.82) is 0 Å². The van der Waals surface area contributed by atoms with E-state index in [0.29, 0.717) is 6.42 Å². The molecule has 79 valence electrons. The molecular formula is C11H18NO2. The zero-order chi connectivity index (χ0) is 10.4. The van der Waals surface area contributed by atoms with E-state index in [1.165, 1.54) is 12.8 Å². The highest BCUT2D eigenvalue weighted by atomic mass is 16.6. The number of hydrogen-bond donors (Lipinski definition) is 0. The summed E-state index contributed by atoms with van der Waals surface area (Å²) in [5, 5.41) is 10.8. The molecule has 0 saturated heterocycles. The van der Waals surface area contributed by atoms with E-state index in [-0.39, 0.29) is 16.9 Å². The summed E-state index contributed by atoms with van der Waals surface area (Å²) in [5.74, 6) is 0.224. The highest BCUT2D eigenvalue weighted by Crippen LogP contribution is 2.25. The molecule has 0 N–H and O–H groups in total. The summed E-state index contributed by atoms with van der Waals surface area (Å²) in [6.07, 6.45) is 10.8. The first-order chi connectivity index (χ1) is 6.75. The molecule has 0 aliphatic heterocycles. The first kappa shape index (κ1) is 11.2. The minimum atomic E-state index is -0.354. The average Bonchev–Trinajstić information content (AvgIpc) is 2.19. The Morgan fingerprint density at radius 2 is 2.36 bits per heavy atom. The minimum absolute atomic E-state index is 0.117. The molecule has 0 amide bonds. The molecule has 1 aliphatic rings. The summed E-state index contributed by atoms with van der Waals surface area (Å²) < 4.78 is 0. The molecule has 2 unspecified atom stereocenters. The van der Waals surface area contributed by atoms with E-state index in [4.69, 9.17) is 0 Å². The van der Waals surface area contributed by atoms with Crippen LogP contribution < -0.4 is 0 Å². The molecule has 0 aromatic heterocycles. The summed E-state index contributed by atoms with van der Waals surface area (Å²) in [6.45, 7) is 2.15. The van der Waals surface area contributed by atoms with Crippen molar-refractivity contribution in [1.82, 2.24) is 0 Å². The van der Waals surface area contributed by atoms with Gasteiger partial charge in [-0.3, -0.25) is 10.1 Å². The maximum absolute atomic E-state index is 10.8. The fraction of sp³-hybridized carbons (Fsp3) is 0.818. The van der Waals surface area contributed by atoms with Crippen LogP contribution >= 0.6 is 0 Å². The van der Waals surface area contributed by atoms with E-state index < -0.39 is 0 Å². The van der Waals surface area contributed by atoms with Crippen LogP contribution in [-0.4, -0.2) is 11.0 Å². The van der Waals surface area contributed by atoms with Gasteiger partial charge in [0.2, 0.25) is 6.04 Å². The topological polar surface area (TPSA) is 43.1 Å².